The Bertz CT molecular complexity index is 1040. The highest BCUT2D eigenvalue weighted by Gasteiger charge is 2.28. The van der Waals surface area contributed by atoms with Gasteiger partial charge in [-0.15, -0.1) is 11.8 Å². The van der Waals surface area contributed by atoms with Crippen molar-refractivity contribution in [3.05, 3.63) is 47.5 Å². The fourth-order valence-electron chi connectivity index (χ4n) is 2.90. The number of carbonyl (C=O) groups excluding carboxylic acids is 2. The third kappa shape index (κ3) is 4.92. The molecule has 0 radical (unpaired) electrons. The summed E-state index contributed by atoms with van der Waals surface area (Å²) in [7, 11) is -2.49. The van der Waals surface area contributed by atoms with Gasteiger partial charge >= 0.3 is 0 Å². The molecule has 2 aromatic rings. The molecule has 0 aromatic heterocycles. The van der Waals surface area contributed by atoms with Gasteiger partial charge in [-0.05, 0) is 42.5 Å². The van der Waals surface area contributed by atoms with E-state index >= 15 is 0 Å². The third-order valence-corrected chi connectivity index (χ3v) is 7.42. The molecule has 0 bridgehead atoms. The van der Waals surface area contributed by atoms with Crippen molar-refractivity contribution in [3.63, 3.8) is 0 Å². The zero-order chi connectivity index (χ0) is 21.2. The van der Waals surface area contributed by atoms with Crippen LogP contribution in [0.1, 0.15) is 6.92 Å². The Morgan fingerprint density at radius 2 is 1.90 bits per heavy atom. The standard InChI is InChI=1S/C19H20ClN3O4S2/c1-13(24)21-15-4-6-16(7-5-15)29(26,27)22(2)12-19(25)23-9-10-28-18-8-3-14(20)11-17(18)23/h3-8,11H,9-10,12H2,1-2H3,(H,21,24). The first kappa shape index (κ1) is 21.6. The number of benzene rings is 2. The molecule has 0 unspecified atom stereocenters. The van der Waals surface area contributed by atoms with Crippen LogP contribution in [0.2, 0.25) is 5.02 Å². The number of hydrogen-bond donors (Lipinski definition) is 1. The fraction of sp³-hybridized carbons (Fsp3) is 0.263. The molecule has 0 saturated carbocycles. The van der Waals surface area contributed by atoms with Gasteiger partial charge in [-0.3, -0.25) is 9.59 Å². The van der Waals surface area contributed by atoms with E-state index in [4.69, 9.17) is 11.6 Å². The zero-order valence-electron chi connectivity index (χ0n) is 15.9. The van der Waals surface area contributed by atoms with Gasteiger partial charge in [-0.2, -0.15) is 4.31 Å². The van der Waals surface area contributed by atoms with Gasteiger partial charge in [-0.25, -0.2) is 8.42 Å². The van der Waals surface area contributed by atoms with Crippen LogP contribution >= 0.6 is 23.4 Å². The van der Waals surface area contributed by atoms with Crippen molar-refractivity contribution in [2.75, 3.05) is 36.1 Å². The van der Waals surface area contributed by atoms with Crippen molar-refractivity contribution < 1.29 is 18.0 Å². The Morgan fingerprint density at radius 1 is 1.21 bits per heavy atom. The molecule has 0 spiro atoms. The van der Waals surface area contributed by atoms with Crippen molar-refractivity contribution >= 4 is 56.6 Å². The molecule has 0 atom stereocenters. The van der Waals surface area contributed by atoms with Crippen molar-refractivity contribution in [2.24, 2.45) is 0 Å². The fourth-order valence-corrected chi connectivity index (χ4v) is 5.17. The van der Waals surface area contributed by atoms with Gasteiger partial charge in [-0.1, -0.05) is 11.6 Å². The minimum absolute atomic E-state index is 0.0412. The van der Waals surface area contributed by atoms with E-state index in [1.807, 2.05) is 6.07 Å². The van der Waals surface area contributed by atoms with Gasteiger partial charge in [0, 0.05) is 41.9 Å². The number of sulfonamides is 1. The molecule has 7 nitrogen and oxygen atoms in total. The lowest BCUT2D eigenvalue weighted by atomic mass is 10.2. The molecular weight excluding hydrogens is 434 g/mol. The number of fused-ring (bicyclic) bond motifs is 1. The summed E-state index contributed by atoms with van der Waals surface area (Å²) in [6.45, 7) is 1.55. The number of carbonyl (C=O) groups is 2. The number of nitrogens with zero attached hydrogens (tertiary/aromatic N) is 2. The van der Waals surface area contributed by atoms with Crippen molar-refractivity contribution in [1.29, 1.82) is 0 Å². The molecular formula is C19H20ClN3O4S2. The Kier molecular flexibility index (Phi) is 6.52. The van der Waals surface area contributed by atoms with E-state index in [2.05, 4.69) is 5.32 Å². The van der Waals surface area contributed by atoms with E-state index in [0.717, 1.165) is 15.0 Å². The van der Waals surface area contributed by atoms with Crippen LogP contribution in [0.5, 0.6) is 0 Å². The monoisotopic (exact) mass is 453 g/mol. The summed E-state index contributed by atoms with van der Waals surface area (Å²) in [6, 6.07) is 11.1. The number of hydrogen-bond acceptors (Lipinski definition) is 5. The minimum Gasteiger partial charge on any atom is -0.326 e. The summed E-state index contributed by atoms with van der Waals surface area (Å²) in [6.07, 6.45) is 0. The summed E-state index contributed by atoms with van der Waals surface area (Å²) in [5.74, 6) is 0.153. The molecule has 154 valence electrons. The maximum atomic E-state index is 12.9. The molecule has 2 aromatic carbocycles. The molecule has 1 heterocycles. The predicted molar refractivity (Wildman–Crippen MR) is 115 cm³/mol. The van der Waals surface area contributed by atoms with Crippen LogP contribution in [0.15, 0.2) is 52.3 Å². The Balaban J connectivity index is 1.76. The average molecular weight is 454 g/mol. The molecule has 0 saturated heterocycles. The lowest BCUT2D eigenvalue weighted by Gasteiger charge is -2.30. The number of amides is 2. The first-order chi connectivity index (χ1) is 13.7. The second-order valence-corrected chi connectivity index (χ2v) is 10.1. The van der Waals surface area contributed by atoms with E-state index in [9.17, 15) is 18.0 Å². The zero-order valence-corrected chi connectivity index (χ0v) is 18.3. The highest BCUT2D eigenvalue weighted by Crippen LogP contribution is 2.36. The van der Waals surface area contributed by atoms with Crippen LogP contribution < -0.4 is 10.2 Å². The van der Waals surface area contributed by atoms with Crippen molar-refractivity contribution in [1.82, 2.24) is 4.31 Å². The Labute approximate surface area is 179 Å². The normalized spacial score (nSPS) is 13.9. The van der Waals surface area contributed by atoms with Gasteiger partial charge in [0.05, 0.1) is 17.1 Å². The first-order valence-electron chi connectivity index (χ1n) is 8.75. The molecule has 0 aliphatic carbocycles. The molecule has 1 aliphatic heterocycles. The maximum Gasteiger partial charge on any atom is 0.243 e. The molecule has 2 amide bonds. The molecule has 0 fully saturated rings. The van der Waals surface area contributed by atoms with Crippen LogP contribution in [0.4, 0.5) is 11.4 Å². The largest absolute Gasteiger partial charge is 0.326 e. The summed E-state index contributed by atoms with van der Waals surface area (Å²) in [5, 5.41) is 3.10. The molecule has 1 aliphatic rings. The number of anilines is 2. The van der Waals surface area contributed by atoms with Crippen molar-refractivity contribution in [3.8, 4) is 0 Å². The van der Waals surface area contributed by atoms with Crippen LogP contribution in [0.25, 0.3) is 0 Å². The molecule has 3 rings (SSSR count). The first-order valence-corrected chi connectivity index (χ1v) is 11.6. The van der Waals surface area contributed by atoms with Gasteiger partial charge < -0.3 is 10.2 Å². The second kappa shape index (κ2) is 8.74. The summed E-state index contributed by atoms with van der Waals surface area (Å²) in [4.78, 5) is 26.5. The molecule has 10 heteroatoms. The Morgan fingerprint density at radius 3 is 2.55 bits per heavy atom. The number of halogens is 1. The van der Waals surface area contributed by atoms with Gasteiger partial charge in [0.15, 0.2) is 0 Å². The van der Waals surface area contributed by atoms with E-state index in [0.29, 0.717) is 22.9 Å². The third-order valence-electron chi connectivity index (χ3n) is 4.33. The van der Waals surface area contributed by atoms with E-state index < -0.39 is 10.0 Å². The molecule has 29 heavy (non-hydrogen) atoms. The number of rotatable bonds is 5. The number of likely N-dealkylation sites (N-methyl/N-ethyl adjacent to an activating group) is 1. The van der Waals surface area contributed by atoms with Gasteiger partial charge in [0.25, 0.3) is 0 Å². The van der Waals surface area contributed by atoms with Gasteiger partial charge in [0.1, 0.15) is 0 Å². The highest BCUT2D eigenvalue weighted by atomic mass is 35.5. The number of nitrogens with one attached hydrogen (secondary N) is 1. The van der Waals surface area contributed by atoms with Crippen LogP contribution in [-0.4, -0.2) is 50.4 Å². The smallest absolute Gasteiger partial charge is 0.243 e. The quantitative estimate of drug-likeness (QED) is 0.751. The Hall–Kier alpha value is -2.07. The average Bonchev–Trinajstić information content (AvgIpc) is 2.67. The van der Waals surface area contributed by atoms with Crippen LogP contribution in [0.3, 0.4) is 0 Å². The van der Waals surface area contributed by atoms with Crippen molar-refractivity contribution in [2.45, 2.75) is 16.7 Å². The van der Waals surface area contributed by atoms with Crippen LogP contribution in [-0.2, 0) is 19.6 Å². The van der Waals surface area contributed by atoms with Gasteiger partial charge in [0.2, 0.25) is 21.8 Å². The highest BCUT2D eigenvalue weighted by molar-refractivity contribution is 7.99. The topological polar surface area (TPSA) is 86.8 Å². The van der Waals surface area contributed by atoms with E-state index in [1.54, 1.807) is 28.8 Å². The molecule has 1 N–H and O–H groups in total. The second-order valence-electron chi connectivity index (χ2n) is 6.47. The maximum absolute atomic E-state index is 12.9. The minimum atomic E-state index is -3.86. The summed E-state index contributed by atoms with van der Waals surface area (Å²) < 4.78 is 26.7. The van der Waals surface area contributed by atoms with Crippen LogP contribution in [0, 0.1) is 0 Å². The number of thioether (sulfide) groups is 1. The lowest BCUT2D eigenvalue weighted by molar-refractivity contribution is -0.118. The predicted octanol–water partition coefficient (Wildman–Crippen LogP) is 3.06. The van der Waals surface area contributed by atoms with E-state index in [1.165, 1.54) is 38.2 Å². The van der Waals surface area contributed by atoms with E-state index in [-0.39, 0.29) is 23.3 Å². The SMILES string of the molecule is CC(=O)Nc1ccc(S(=O)(=O)N(C)CC(=O)N2CCSc3ccc(Cl)cc32)cc1. The summed E-state index contributed by atoms with van der Waals surface area (Å²) >= 11 is 7.70. The summed E-state index contributed by atoms with van der Waals surface area (Å²) in [5.41, 5.74) is 1.19. The lowest BCUT2D eigenvalue weighted by Crippen LogP contribution is -2.43.